The van der Waals surface area contributed by atoms with Crippen LogP contribution in [0.4, 0.5) is 5.69 Å². The van der Waals surface area contributed by atoms with Crippen molar-refractivity contribution < 1.29 is 0 Å². The Morgan fingerprint density at radius 2 is 2.18 bits per heavy atom. The smallest absolute Gasteiger partial charge is 0.0455 e. The first-order valence-electron chi connectivity index (χ1n) is 3.59. The number of nitrogens with two attached hydrogens (primary N) is 1. The Morgan fingerprint density at radius 3 is 2.55 bits per heavy atom. The van der Waals surface area contributed by atoms with Crippen molar-refractivity contribution in [2.24, 2.45) is 0 Å². The van der Waals surface area contributed by atoms with E-state index in [1.807, 2.05) is 0 Å². The van der Waals surface area contributed by atoms with Gasteiger partial charge in [0.15, 0.2) is 0 Å². The van der Waals surface area contributed by atoms with Crippen molar-refractivity contribution in [3.05, 3.63) is 15.8 Å². The van der Waals surface area contributed by atoms with Crippen LogP contribution in [0.15, 0.2) is 6.07 Å². The molecule has 0 unspecified atom stereocenters. The first kappa shape index (κ1) is 8.56. The summed E-state index contributed by atoms with van der Waals surface area (Å²) in [5, 5.41) is 0. The van der Waals surface area contributed by atoms with E-state index in [9.17, 15) is 0 Å². The van der Waals surface area contributed by atoms with Crippen molar-refractivity contribution in [1.82, 2.24) is 4.90 Å². The molecule has 0 saturated carbocycles. The van der Waals surface area contributed by atoms with E-state index in [1.54, 1.807) is 11.3 Å². The lowest BCUT2D eigenvalue weighted by molar-refractivity contribution is 0.406. The zero-order chi connectivity index (χ0) is 8.43. The van der Waals surface area contributed by atoms with Crippen LogP contribution < -0.4 is 5.73 Å². The molecule has 62 valence electrons. The molecule has 3 heteroatoms. The predicted molar refractivity (Wildman–Crippen MR) is 50.9 cm³/mol. The summed E-state index contributed by atoms with van der Waals surface area (Å²) in [5.41, 5.74) is 6.63. The standard InChI is InChI=1S/C8H14N2S/c1-6-8(9)4-7(11-6)5-10(2)3/h4H,5,9H2,1-3H3. The summed E-state index contributed by atoms with van der Waals surface area (Å²) < 4.78 is 0. The largest absolute Gasteiger partial charge is 0.398 e. The van der Waals surface area contributed by atoms with Crippen molar-refractivity contribution >= 4 is 17.0 Å². The molecular formula is C8H14N2S. The number of rotatable bonds is 2. The van der Waals surface area contributed by atoms with Crippen LogP contribution in [0.2, 0.25) is 0 Å². The SMILES string of the molecule is Cc1sc(CN(C)C)cc1N. The van der Waals surface area contributed by atoms with E-state index in [1.165, 1.54) is 9.75 Å². The predicted octanol–water partition coefficient (Wildman–Crippen LogP) is 1.70. The van der Waals surface area contributed by atoms with Crippen molar-refractivity contribution in [2.45, 2.75) is 13.5 Å². The summed E-state index contributed by atoms with van der Waals surface area (Å²) in [7, 11) is 4.12. The first-order valence-corrected chi connectivity index (χ1v) is 4.40. The summed E-state index contributed by atoms with van der Waals surface area (Å²) in [6.07, 6.45) is 0. The average Bonchev–Trinajstić information content (AvgIpc) is 2.10. The van der Waals surface area contributed by atoms with E-state index < -0.39 is 0 Å². The lowest BCUT2D eigenvalue weighted by Gasteiger charge is -2.05. The topological polar surface area (TPSA) is 29.3 Å². The van der Waals surface area contributed by atoms with Crippen LogP contribution in [0.25, 0.3) is 0 Å². The fourth-order valence-electron chi connectivity index (χ4n) is 0.950. The van der Waals surface area contributed by atoms with Crippen LogP contribution in [0.3, 0.4) is 0 Å². The monoisotopic (exact) mass is 170 g/mol. The molecule has 0 spiro atoms. The van der Waals surface area contributed by atoms with E-state index in [-0.39, 0.29) is 0 Å². The Morgan fingerprint density at radius 1 is 1.55 bits per heavy atom. The van der Waals surface area contributed by atoms with E-state index in [0.717, 1.165) is 12.2 Å². The van der Waals surface area contributed by atoms with Gasteiger partial charge in [0.2, 0.25) is 0 Å². The van der Waals surface area contributed by atoms with E-state index >= 15 is 0 Å². The average molecular weight is 170 g/mol. The van der Waals surface area contributed by atoms with Crippen LogP contribution in [-0.4, -0.2) is 19.0 Å². The Labute approximate surface area is 71.6 Å². The van der Waals surface area contributed by atoms with Gasteiger partial charge in [0, 0.05) is 22.0 Å². The maximum atomic E-state index is 5.71. The van der Waals surface area contributed by atoms with E-state index in [2.05, 4.69) is 32.0 Å². The number of nitrogen functional groups attached to an aromatic ring is 1. The van der Waals surface area contributed by atoms with Crippen molar-refractivity contribution in [3.63, 3.8) is 0 Å². The second-order valence-corrected chi connectivity index (χ2v) is 4.30. The van der Waals surface area contributed by atoms with Gasteiger partial charge in [-0.2, -0.15) is 0 Å². The van der Waals surface area contributed by atoms with E-state index in [4.69, 9.17) is 5.73 Å². The molecule has 1 aromatic heterocycles. The van der Waals surface area contributed by atoms with Gasteiger partial charge < -0.3 is 10.6 Å². The summed E-state index contributed by atoms with van der Waals surface area (Å²) in [5.74, 6) is 0. The number of aryl methyl sites for hydroxylation is 1. The molecule has 2 nitrogen and oxygen atoms in total. The van der Waals surface area contributed by atoms with Crippen LogP contribution in [0.5, 0.6) is 0 Å². The summed E-state index contributed by atoms with van der Waals surface area (Å²) in [4.78, 5) is 4.71. The third kappa shape index (κ3) is 2.20. The highest BCUT2D eigenvalue weighted by Crippen LogP contribution is 2.23. The zero-order valence-electron chi connectivity index (χ0n) is 7.22. The van der Waals surface area contributed by atoms with Gasteiger partial charge in [-0.05, 0) is 27.1 Å². The van der Waals surface area contributed by atoms with Crippen LogP contribution >= 0.6 is 11.3 Å². The minimum atomic E-state index is 0.923. The van der Waals surface area contributed by atoms with Gasteiger partial charge in [-0.3, -0.25) is 0 Å². The number of nitrogens with zero attached hydrogens (tertiary/aromatic N) is 1. The Hall–Kier alpha value is -0.540. The fourth-order valence-corrected chi connectivity index (χ4v) is 2.03. The highest BCUT2D eigenvalue weighted by atomic mass is 32.1. The van der Waals surface area contributed by atoms with Gasteiger partial charge in [0.1, 0.15) is 0 Å². The number of thiophene rings is 1. The molecule has 1 rings (SSSR count). The van der Waals surface area contributed by atoms with Crippen molar-refractivity contribution in [2.75, 3.05) is 19.8 Å². The van der Waals surface area contributed by atoms with Crippen LogP contribution in [-0.2, 0) is 6.54 Å². The molecule has 11 heavy (non-hydrogen) atoms. The number of anilines is 1. The normalized spacial score (nSPS) is 10.9. The second kappa shape index (κ2) is 3.24. The molecule has 0 amide bonds. The lowest BCUT2D eigenvalue weighted by Crippen LogP contribution is -2.09. The second-order valence-electron chi connectivity index (χ2n) is 2.96. The molecule has 1 heterocycles. The Bertz CT molecular complexity index is 221. The van der Waals surface area contributed by atoms with Crippen LogP contribution in [0, 0.1) is 6.92 Å². The maximum Gasteiger partial charge on any atom is 0.0455 e. The summed E-state index contributed by atoms with van der Waals surface area (Å²) in [6, 6.07) is 2.06. The zero-order valence-corrected chi connectivity index (χ0v) is 8.03. The quantitative estimate of drug-likeness (QED) is 0.732. The lowest BCUT2D eigenvalue weighted by atomic mass is 10.4. The summed E-state index contributed by atoms with van der Waals surface area (Å²) >= 11 is 1.78. The van der Waals surface area contributed by atoms with E-state index in [0.29, 0.717) is 0 Å². The molecule has 1 aromatic rings. The molecule has 0 aliphatic rings. The van der Waals surface area contributed by atoms with Gasteiger partial charge in [-0.1, -0.05) is 0 Å². The van der Waals surface area contributed by atoms with Gasteiger partial charge in [0.05, 0.1) is 0 Å². The summed E-state index contributed by atoms with van der Waals surface area (Å²) in [6.45, 7) is 3.04. The van der Waals surface area contributed by atoms with Crippen molar-refractivity contribution in [3.8, 4) is 0 Å². The molecule has 0 radical (unpaired) electrons. The number of hydrogen-bond acceptors (Lipinski definition) is 3. The fraction of sp³-hybridized carbons (Fsp3) is 0.500. The third-order valence-corrected chi connectivity index (χ3v) is 2.53. The van der Waals surface area contributed by atoms with Crippen LogP contribution in [0.1, 0.15) is 9.75 Å². The molecule has 0 saturated heterocycles. The Kier molecular flexibility index (Phi) is 2.52. The Balaban J connectivity index is 2.73. The number of hydrogen-bond donors (Lipinski definition) is 1. The highest BCUT2D eigenvalue weighted by Gasteiger charge is 2.01. The minimum Gasteiger partial charge on any atom is -0.398 e. The third-order valence-electron chi connectivity index (χ3n) is 1.48. The van der Waals surface area contributed by atoms with Gasteiger partial charge >= 0.3 is 0 Å². The van der Waals surface area contributed by atoms with Gasteiger partial charge in [-0.25, -0.2) is 0 Å². The van der Waals surface area contributed by atoms with Crippen molar-refractivity contribution in [1.29, 1.82) is 0 Å². The molecular weight excluding hydrogens is 156 g/mol. The molecule has 0 bridgehead atoms. The minimum absolute atomic E-state index is 0.923. The molecule has 0 aliphatic heterocycles. The van der Waals surface area contributed by atoms with Gasteiger partial charge in [-0.15, -0.1) is 11.3 Å². The molecule has 0 atom stereocenters. The molecule has 0 aromatic carbocycles. The highest BCUT2D eigenvalue weighted by molar-refractivity contribution is 7.12. The molecule has 2 N–H and O–H groups in total. The molecule has 0 aliphatic carbocycles. The maximum absolute atomic E-state index is 5.71. The van der Waals surface area contributed by atoms with Gasteiger partial charge in [0.25, 0.3) is 0 Å². The first-order chi connectivity index (χ1) is 5.09. The molecule has 0 fully saturated rings.